The minimum atomic E-state index is -2.97. The highest BCUT2D eigenvalue weighted by Gasteiger charge is 2.35. The van der Waals surface area contributed by atoms with Crippen molar-refractivity contribution in [2.24, 2.45) is 0 Å². The van der Waals surface area contributed by atoms with E-state index in [4.69, 9.17) is 0 Å². The summed E-state index contributed by atoms with van der Waals surface area (Å²) in [5.74, 6) is 0. The Morgan fingerprint density at radius 2 is 1.15 bits per heavy atom. The van der Waals surface area contributed by atoms with Gasteiger partial charge in [0.25, 0.3) is 0 Å². The van der Waals surface area contributed by atoms with Crippen LogP contribution in [0.3, 0.4) is 0 Å². The molecule has 0 saturated heterocycles. The molecular weight excluding hydrogens is 414 g/mol. The van der Waals surface area contributed by atoms with E-state index in [1.54, 1.807) is 20.9 Å². The molecule has 1 aliphatic rings. The fourth-order valence-corrected chi connectivity index (χ4v) is 4.84. The van der Waals surface area contributed by atoms with Gasteiger partial charge in [-0.05, 0) is 54.4 Å². The van der Waals surface area contributed by atoms with Crippen molar-refractivity contribution in [1.29, 1.82) is 0 Å². The molecule has 9 nitrogen and oxygen atoms in total. The van der Waals surface area contributed by atoms with E-state index in [1.807, 2.05) is 27.7 Å². The Kier molecular flexibility index (Phi) is 12.5. The van der Waals surface area contributed by atoms with Gasteiger partial charge in [-0.3, -0.25) is 0 Å². The van der Waals surface area contributed by atoms with Crippen LogP contribution in [0.1, 0.15) is 54.4 Å². The molecule has 12 heteroatoms. The molecule has 0 aliphatic heterocycles. The molecule has 1 saturated carbocycles. The van der Waals surface area contributed by atoms with Crippen molar-refractivity contribution < 1.29 is 25.3 Å². The number of nitrogens with one attached hydrogen (secondary N) is 2. The lowest BCUT2D eigenvalue weighted by molar-refractivity contribution is 0.414. The average Bonchev–Trinajstić information content (AvgIpc) is 3.17. The molecule has 1 rings (SSSR count). The summed E-state index contributed by atoms with van der Waals surface area (Å²) in [5, 5.41) is -0.0881. The molecule has 0 unspecified atom stereocenters. The standard InChI is InChI=1S/C6H13NO2S.C5H13NO2S.C4H11NO2S/c1-5(2)7-10(8,9)6-3-4-6;1-5(2)6(3)9(4,7)8;1-4(2)5-8(3,6)7/h5-7H,3-4H2,1-2H3;5H,1-4H3;4-5H,1-3H3. The highest BCUT2D eigenvalue weighted by atomic mass is 32.2. The van der Waals surface area contributed by atoms with Gasteiger partial charge in [0.1, 0.15) is 0 Å². The molecule has 0 bridgehead atoms. The smallest absolute Gasteiger partial charge is 0.213 e. The van der Waals surface area contributed by atoms with E-state index < -0.39 is 30.1 Å². The molecule has 0 atom stereocenters. The van der Waals surface area contributed by atoms with Gasteiger partial charge in [-0.25, -0.2) is 39.0 Å². The highest BCUT2D eigenvalue weighted by molar-refractivity contribution is 7.90. The van der Waals surface area contributed by atoms with E-state index in [0.29, 0.717) is 0 Å². The average molecular weight is 452 g/mol. The van der Waals surface area contributed by atoms with Crippen molar-refractivity contribution in [3.05, 3.63) is 0 Å². The number of nitrogens with zero attached hydrogens (tertiary/aromatic N) is 1. The number of sulfonamides is 3. The zero-order valence-electron chi connectivity index (χ0n) is 17.8. The van der Waals surface area contributed by atoms with E-state index in [1.165, 1.54) is 10.6 Å². The normalized spacial score (nSPS) is 15.4. The third-order valence-corrected chi connectivity index (χ3v) is 7.58. The Morgan fingerprint density at radius 3 is 1.26 bits per heavy atom. The first kappa shape index (κ1) is 28.9. The van der Waals surface area contributed by atoms with Gasteiger partial charge < -0.3 is 0 Å². The molecule has 0 amide bonds. The van der Waals surface area contributed by atoms with E-state index in [2.05, 4.69) is 9.44 Å². The van der Waals surface area contributed by atoms with Gasteiger partial charge in [-0.1, -0.05) is 0 Å². The summed E-state index contributed by atoms with van der Waals surface area (Å²) in [7, 11) is -7.31. The summed E-state index contributed by atoms with van der Waals surface area (Å²) in [6.45, 7) is 10.9. The minimum absolute atomic E-state index is 0.00463. The first-order valence-electron chi connectivity index (χ1n) is 8.71. The van der Waals surface area contributed by atoms with Crippen LogP contribution in [0.2, 0.25) is 0 Å². The molecule has 0 aromatic heterocycles. The number of rotatable bonds is 7. The van der Waals surface area contributed by atoms with Crippen LogP contribution >= 0.6 is 0 Å². The second-order valence-corrected chi connectivity index (χ2v) is 13.2. The summed E-state index contributed by atoms with van der Waals surface area (Å²) in [6.07, 6.45) is 4.02. The fourth-order valence-electron chi connectivity index (χ4n) is 1.61. The van der Waals surface area contributed by atoms with Gasteiger partial charge in [-0.2, -0.15) is 0 Å². The second kappa shape index (κ2) is 11.7. The number of hydrogen-bond donors (Lipinski definition) is 2. The molecule has 27 heavy (non-hydrogen) atoms. The largest absolute Gasteiger partial charge is 0.214 e. The van der Waals surface area contributed by atoms with Crippen molar-refractivity contribution in [1.82, 2.24) is 13.7 Å². The van der Waals surface area contributed by atoms with Gasteiger partial charge in [-0.15, -0.1) is 0 Å². The monoisotopic (exact) mass is 451 g/mol. The Balaban J connectivity index is 0. The van der Waals surface area contributed by atoms with Crippen LogP contribution in [0, 0.1) is 0 Å². The van der Waals surface area contributed by atoms with Crippen molar-refractivity contribution in [3.63, 3.8) is 0 Å². The first-order valence-corrected chi connectivity index (χ1v) is 14.0. The zero-order chi connectivity index (χ0) is 22.2. The zero-order valence-corrected chi connectivity index (χ0v) is 20.3. The third-order valence-electron chi connectivity index (χ3n) is 3.06. The lowest BCUT2D eigenvalue weighted by Crippen LogP contribution is -2.32. The maximum absolute atomic E-state index is 11.1. The predicted octanol–water partition coefficient (Wildman–Crippen LogP) is 0.707. The van der Waals surface area contributed by atoms with E-state index in [-0.39, 0.29) is 23.4 Å². The Hall–Kier alpha value is -0.270. The quantitative estimate of drug-likeness (QED) is 0.586. The second-order valence-electron chi connectivity index (χ2n) is 7.43. The molecule has 1 fully saturated rings. The van der Waals surface area contributed by atoms with Crippen LogP contribution in [-0.4, -0.2) is 72.5 Å². The first-order chi connectivity index (χ1) is 11.8. The lowest BCUT2D eigenvalue weighted by atomic mass is 10.4. The topological polar surface area (TPSA) is 130 Å². The van der Waals surface area contributed by atoms with Gasteiger partial charge >= 0.3 is 0 Å². The summed E-state index contributed by atoms with van der Waals surface area (Å²) in [4.78, 5) is 0. The van der Waals surface area contributed by atoms with Gasteiger partial charge in [0, 0.05) is 25.2 Å². The summed E-state index contributed by atoms with van der Waals surface area (Å²) in [5.41, 5.74) is 0. The molecule has 0 spiro atoms. The molecule has 166 valence electrons. The molecule has 0 radical (unpaired) electrons. The SMILES string of the molecule is CC(C)N(C)S(C)(=O)=O.CC(C)NS(=O)(=O)C1CC1.CC(C)NS(C)(=O)=O. The molecule has 1 aliphatic carbocycles. The van der Waals surface area contributed by atoms with Gasteiger partial charge in [0.2, 0.25) is 30.1 Å². The molecule has 0 aromatic carbocycles. The van der Waals surface area contributed by atoms with E-state index >= 15 is 0 Å². The molecular formula is C15H37N3O6S3. The van der Waals surface area contributed by atoms with Crippen LogP contribution in [-0.2, 0) is 30.1 Å². The van der Waals surface area contributed by atoms with E-state index in [9.17, 15) is 25.3 Å². The van der Waals surface area contributed by atoms with Crippen LogP contribution in [0.5, 0.6) is 0 Å². The Labute approximate surface area is 166 Å². The highest BCUT2D eigenvalue weighted by Crippen LogP contribution is 2.27. The van der Waals surface area contributed by atoms with Crippen LogP contribution in [0.25, 0.3) is 0 Å². The maximum Gasteiger partial charge on any atom is 0.214 e. The molecule has 0 heterocycles. The van der Waals surface area contributed by atoms with Crippen molar-refractivity contribution in [3.8, 4) is 0 Å². The minimum Gasteiger partial charge on any atom is -0.213 e. The molecule has 2 N–H and O–H groups in total. The summed E-state index contributed by atoms with van der Waals surface area (Å²) < 4.78 is 70.5. The van der Waals surface area contributed by atoms with Gasteiger partial charge in [0.15, 0.2) is 0 Å². The summed E-state index contributed by atoms with van der Waals surface area (Å²) in [6, 6.07) is 0.0931. The van der Waals surface area contributed by atoms with Crippen molar-refractivity contribution in [2.45, 2.75) is 77.8 Å². The van der Waals surface area contributed by atoms with E-state index in [0.717, 1.165) is 19.1 Å². The Bertz CT molecular complexity index is 725. The van der Waals surface area contributed by atoms with Crippen molar-refractivity contribution in [2.75, 3.05) is 19.6 Å². The lowest BCUT2D eigenvalue weighted by Gasteiger charge is -2.17. The predicted molar refractivity (Wildman–Crippen MR) is 111 cm³/mol. The van der Waals surface area contributed by atoms with Gasteiger partial charge in [0.05, 0.1) is 17.8 Å². The fraction of sp³-hybridized carbons (Fsp3) is 1.00. The summed E-state index contributed by atoms with van der Waals surface area (Å²) >= 11 is 0. The number of hydrogen-bond acceptors (Lipinski definition) is 6. The maximum atomic E-state index is 11.1. The van der Waals surface area contributed by atoms with Crippen molar-refractivity contribution >= 4 is 30.1 Å². The Morgan fingerprint density at radius 1 is 0.778 bits per heavy atom. The third kappa shape index (κ3) is 17.6. The van der Waals surface area contributed by atoms with Crippen LogP contribution in [0.15, 0.2) is 0 Å². The molecule has 0 aromatic rings. The van der Waals surface area contributed by atoms with Crippen LogP contribution < -0.4 is 9.44 Å². The van der Waals surface area contributed by atoms with Crippen LogP contribution in [0.4, 0.5) is 0 Å².